The molecule has 1 unspecified atom stereocenters. The van der Waals surface area contributed by atoms with E-state index in [0.29, 0.717) is 12.3 Å². The summed E-state index contributed by atoms with van der Waals surface area (Å²) in [5.74, 6) is 0.431. The van der Waals surface area contributed by atoms with Crippen LogP contribution < -0.4 is 10.1 Å². The SMILES string of the molecule is COc1cc(C(C#N)NCc2ccccc2)ccc1O. The van der Waals surface area contributed by atoms with Crippen LogP contribution in [0, 0.1) is 11.3 Å². The second-order valence-electron chi connectivity index (χ2n) is 4.36. The fourth-order valence-electron chi connectivity index (χ4n) is 1.93. The molecule has 0 heterocycles. The zero-order valence-corrected chi connectivity index (χ0v) is 11.2. The molecule has 0 aliphatic rings. The van der Waals surface area contributed by atoms with E-state index >= 15 is 0 Å². The lowest BCUT2D eigenvalue weighted by molar-refractivity contribution is 0.372. The van der Waals surface area contributed by atoms with Gasteiger partial charge in [-0.3, -0.25) is 5.32 Å². The van der Waals surface area contributed by atoms with Gasteiger partial charge in [0.2, 0.25) is 0 Å². The number of hydrogen-bond acceptors (Lipinski definition) is 4. The van der Waals surface area contributed by atoms with Crippen molar-refractivity contribution in [1.82, 2.24) is 5.32 Å². The van der Waals surface area contributed by atoms with Gasteiger partial charge in [0, 0.05) is 6.54 Å². The van der Waals surface area contributed by atoms with Crippen LogP contribution in [0.5, 0.6) is 11.5 Å². The average molecular weight is 268 g/mol. The highest BCUT2D eigenvalue weighted by Crippen LogP contribution is 2.28. The Labute approximate surface area is 118 Å². The van der Waals surface area contributed by atoms with Crippen molar-refractivity contribution in [2.45, 2.75) is 12.6 Å². The average Bonchev–Trinajstić information content (AvgIpc) is 2.50. The lowest BCUT2D eigenvalue weighted by atomic mass is 10.1. The summed E-state index contributed by atoms with van der Waals surface area (Å²) < 4.78 is 5.06. The Balaban J connectivity index is 2.11. The lowest BCUT2D eigenvalue weighted by Gasteiger charge is -2.13. The molecule has 0 radical (unpaired) electrons. The molecule has 0 saturated heterocycles. The van der Waals surface area contributed by atoms with Crippen LogP contribution in [0.15, 0.2) is 48.5 Å². The van der Waals surface area contributed by atoms with E-state index < -0.39 is 6.04 Å². The molecular weight excluding hydrogens is 252 g/mol. The number of hydrogen-bond donors (Lipinski definition) is 2. The van der Waals surface area contributed by atoms with Gasteiger partial charge in [-0.2, -0.15) is 5.26 Å². The molecule has 0 bridgehead atoms. The van der Waals surface area contributed by atoms with Crippen molar-refractivity contribution >= 4 is 0 Å². The fraction of sp³-hybridized carbons (Fsp3) is 0.188. The fourth-order valence-corrected chi connectivity index (χ4v) is 1.93. The largest absolute Gasteiger partial charge is 0.504 e. The van der Waals surface area contributed by atoms with E-state index in [0.717, 1.165) is 11.1 Å². The Kier molecular flexibility index (Phi) is 4.59. The summed E-state index contributed by atoms with van der Waals surface area (Å²) in [6.45, 7) is 0.599. The summed E-state index contributed by atoms with van der Waals surface area (Å²) in [5.41, 5.74) is 1.87. The standard InChI is InChI=1S/C16H16N2O2/c1-20-16-9-13(7-8-15(16)19)14(10-17)18-11-12-5-3-2-4-6-12/h2-9,14,18-19H,11H2,1H3. The number of methoxy groups -OCH3 is 1. The Hall–Kier alpha value is -2.51. The molecule has 2 rings (SSSR count). The lowest BCUT2D eigenvalue weighted by Crippen LogP contribution is -2.19. The van der Waals surface area contributed by atoms with Crippen LogP contribution in [-0.4, -0.2) is 12.2 Å². The quantitative estimate of drug-likeness (QED) is 0.875. The smallest absolute Gasteiger partial charge is 0.160 e. The Morgan fingerprint density at radius 3 is 2.65 bits per heavy atom. The number of phenols is 1. The van der Waals surface area contributed by atoms with E-state index in [1.54, 1.807) is 12.1 Å². The van der Waals surface area contributed by atoms with Crippen LogP contribution in [0.3, 0.4) is 0 Å². The number of rotatable bonds is 5. The molecule has 2 N–H and O–H groups in total. The van der Waals surface area contributed by atoms with Crippen molar-refractivity contribution in [2.75, 3.05) is 7.11 Å². The molecule has 102 valence electrons. The highest BCUT2D eigenvalue weighted by molar-refractivity contribution is 5.43. The third kappa shape index (κ3) is 3.28. The van der Waals surface area contributed by atoms with E-state index in [-0.39, 0.29) is 5.75 Å². The monoisotopic (exact) mass is 268 g/mol. The van der Waals surface area contributed by atoms with Crippen LogP contribution in [0.1, 0.15) is 17.2 Å². The molecule has 0 spiro atoms. The molecular formula is C16H16N2O2. The first-order chi connectivity index (χ1) is 9.74. The summed E-state index contributed by atoms with van der Waals surface area (Å²) in [7, 11) is 1.48. The molecule has 0 aromatic heterocycles. The summed E-state index contributed by atoms with van der Waals surface area (Å²) in [4.78, 5) is 0. The van der Waals surface area contributed by atoms with Gasteiger partial charge in [0.25, 0.3) is 0 Å². The third-order valence-electron chi connectivity index (χ3n) is 3.02. The van der Waals surface area contributed by atoms with E-state index in [1.807, 2.05) is 30.3 Å². The topological polar surface area (TPSA) is 65.3 Å². The minimum atomic E-state index is -0.454. The van der Waals surface area contributed by atoms with Crippen LogP contribution in [0.4, 0.5) is 0 Å². The minimum Gasteiger partial charge on any atom is -0.504 e. The number of nitrogens with zero attached hydrogens (tertiary/aromatic N) is 1. The number of nitrogens with one attached hydrogen (secondary N) is 1. The first-order valence-electron chi connectivity index (χ1n) is 6.28. The van der Waals surface area contributed by atoms with Crippen molar-refractivity contribution in [3.05, 3.63) is 59.7 Å². The highest BCUT2D eigenvalue weighted by atomic mass is 16.5. The zero-order chi connectivity index (χ0) is 14.4. The Bertz CT molecular complexity index is 606. The normalized spacial score (nSPS) is 11.6. The van der Waals surface area contributed by atoms with E-state index in [1.165, 1.54) is 13.2 Å². The molecule has 0 aliphatic carbocycles. The Morgan fingerprint density at radius 2 is 2.00 bits per heavy atom. The first kappa shape index (κ1) is 13.9. The van der Waals surface area contributed by atoms with Gasteiger partial charge in [-0.05, 0) is 23.3 Å². The highest BCUT2D eigenvalue weighted by Gasteiger charge is 2.12. The third-order valence-corrected chi connectivity index (χ3v) is 3.02. The molecule has 0 saturated carbocycles. The van der Waals surface area contributed by atoms with Gasteiger partial charge in [0.05, 0.1) is 13.2 Å². The van der Waals surface area contributed by atoms with E-state index in [4.69, 9.17) is 4.74 Å². The van der Waals surface area contributed by atoms with Gasteiger partial charge in [-0.25, -0.2) is 0 Å². The van der Waals surface area contributed by atoms with Gasteiger partial charge in [-0.1, -0.05) is 36.4 Å². The maximum atomic E-state index is 9.57. The van der Waals surface area contributed by atoms with Crippen LogP contribution >= 0.6 is 0 Å². The number of aromatic hydroxyl groups is 1. The van der Waals surface area contributed by atoms with Crippen molar-refractivity contribution < 1.29 is 9.84 Å². The molecule has 0 aliphatic heterocycles. The van der Waals surface area contributed by atoms with Gasteiger partial charge in [-0.15, -0.1) is 0 Å². The van der Waals surface area contributed by atoms with Crippen LogP contribution in [0.25, 0.3) is 0 Å². The predicted octanol–water partition coefficient (Wildman–Crippen LogP) is 2.76. The number of benzene rings is 2. The van der Waals surface area contributed by atoms with Crippen molar-refractivity contribution in [3.8, 4) is 17.6 Å². The van der Waals surface area contributed by atoms with Gasteiger partial charge >= 0.3 is 0 Å². The molecule has 20 heavy (non-hydrogen) atoms. The van der Waals surface area contributed by atoms with Gasteiger partial charge < -0.3 is 9.84 Å². The van der Waals surface area contributed by atoms with Crippen molar-refractivity contribution in [1.29, 1.82) is 5.26 Å². The number of ether oxygens (including phenoxy) is 1. The molecule has 4 heteroatoms. The maximum Gasteiger partial charge on any atom is 0.160 e. The van der Waals surface area contributed by atoms with E-state index in [9.17, 15) is 10.4 Å². The molecule has 4 nitrogen and oxygen atoms in total. The molecule has 2 aromatic rings. The molecule has 0 amide bonds. The maximum absolute atomic E-state index is 9.57. The summed E-state index contributed by atoms with van der Waals surface area (Å²) in [6, 6.07) is 16.5. The van der Waals surface area contributed by atoms with Crippen LogP contribution in [-0.2, 0) is 6.54 Å². The first-order valence-corrected chi connectivity index (χ1v) is 6.28. The minimum absolute atomic E-state index is 0.0657. The number of nitriles is 1. The summed E-state index contributed by atoms with van der Waals surface area (Å²) in [5, 5.41) is 22.0. The second kappa shape index (κ2) is 6.60. The van der Waals surface area contributed by atoms with Gasteiger partial charge in [0.15, 0.2) is 11.5 Å². The van der Waals surface area contributed by atoms with Crippen molar-refractivity contribution in [2.24, 2.45) is 0 Å². The van der Waals surface area contributed by atoms with Crippen molar-refractivity contribution in [3.63, 3.8) is 0 Å². The second-order valence-corrected chi connectivity index (χ2v) is 4.36. The zero-order valence-electron chi connectivity index (χ0n) is 11.2. The van der Waals surface area contributed by atoms with Crippen LogP contribution in [0.2, 0.25) is 0 Å². The summed E-state index contributed by atoms with van der Waals surface area (Å²) in [6.07, 6.45) is 0. The molecule has 0 fully saturated rings. The molecule has 1 atom stereocenters. The predicted molar refractivity (Wildman–Crippen MR) is 76.3 cm³/mol. The Morgan fingerprint density at radius 1 is 1.25 bits per heavy atom. The van der Waals surface area contributed by atoms with E-state index in [2.05, 4.69) is 11.4 Å². The molecule has 2 aromatic carbocycles. The summed E-state index contributed by atoms with van der Waals surface area (Å²) >= 11 is 0. The number of phenolic OH excluding ortho intramolecular Hbond substituents is 1. The van der Waals surface area contributed by atoms with Gasteiger partial charge in [0.1, 0.15) is 6.04 Å².